The van der Waals surface area contributed by atoms with Gasteiger partial charge in [-0.1, -0.05) is 6.08 Å². The van der Waals surface area contributed by atoms with E-state index in [2.05, 4.69) is 28.2 Å². The van der Waals surface area contributed by atoms with Crippen molar-refractivity contribution in [1.82, 2.24) is 19.0 Å². The number of aryl methyl sites for hydroxylation is 2. The van der Waals surface area contributed by atoms with E-state index < -0.39 is 11.8 Å². The molecule has 0 bridgehead atoms. The van der Waals surface area contributed by atoms with Crippen molar-refractivity contribution in [3.63, 3.8) is 0 Å². The lowest BCUT2D eigenvalue weighted by Gasteiger charge is -2.32. The molecular weight excluding hydrogens is 513 g/mol. The molecule has 0 fully saturated rings. The Balaban J connectivity index is 1.47. The summed E-state index contributed by atoms with van der Waals surface area (Å²) < 4.78 is 23.9. The molecule has 208 valence electrons. The first kappa shape index (κ1) is 27.1. The lowest BCUT2D eigenvalue weighted by molar-refractivity contribution is 0.0696. The second kappa shape index (κ2) is 10.6. The molecule has 0 radical (unpaired) electrons. The molecule has 0 saturated carbocycles. The number of halogens is 1. The molecule has 1 aliphatic heterocycles. The maximum atomic E-state index is 14.9. The van der Waals surface area contributed by atoms with Crippen molar-refractivity contribution in [2.24, 2.45) is 7.05 Å². The van der Waals surface area contributed by atoms with Crippen LogP contribution in [0.25, 0.3) is 22.3 Å². The van der Waals surface area contributed by atoms with E-state index in [0.29, 0.717) is 42.0 Å². The topological polar surface area (TPSA) is 102 Å². The summed E-state index contributed by atoms with van der Waals surface area (Å²) in [6, 6.07) is 8.32. The Kier molecular flexibility index (Phi) is 7.20. The van der Waals surface area contributed by atoms with E-state index in [-0.39, 0.29) is 22.9 Å². The van der Waals surface area contributed by atoms with Gasteiger partial charge in [0.15, 0.2) is 0 Å². The number of aromatic nitrogens is 3. The maximum absolute atomic E-state index is 14.9. The summed E-state index contributed by atoms with van der Waals surface area (Å²) >= 11 is 0. The molecule has 0 amide bonds. The first-order valence-corrected chi connectivity index (χ1v) is 13.0. The summed E-state index contributed by atoms with van der Waals surface area (Å²) in [5.41, 5.74) is 4.78. The highest BCUT2D eigenvalue weighted by Gasteiger charge is 2.25. The summed E-state index contributed by atoms with van der Waals surface area (Å²) in [7, 11) is 5.18. The van der Waals surface area contributed by atoms with E-state index in [4.69, 9.17) is 4.74 Å². The molecule has 0 spiro atoms. The van der Waals surface area contributed by atoms with Crippen LogP contribution in [0.2, 0.25) is 0 Å². The number of anilines is 1. The molecule has 1 aromatic carbocycles. The van der Waals surface area contributed by atoms with Gasteiger partial charge in [0.25, 0.3) is 5.56 Å². The highest BCUT2D eigenvalue weighted by molar-refractivity contribution is 5.89. The van der Waals surface area contributed by atoms with Crippen LogP contribution in [0.5, 0.6) is 5.75 Å². The van der Waals surface area contributed by atoms with Crippen molar-refractivity contribution < 1.29 is 19.0 Å². The Morgan fingerprint density at radius 3 is 2.65 bits per heavy atom. The van der Waals surface area contributed by atoms with Gasteiger partial charge in [-0.3, -0.25) is 14.3 Å². The second-order valence-electron chi connectivity index (χ2n) is 9.99. The largest absolute Gasteiger partial charge is 0.490 e. The van der Waals surface area contributed by atoms with Gasteiger partial charge in [-0.2, -0.15) is 0 Å². The average molecular weight is 546 g/mol. The van der Waals surface area contributed by atoms with Crippen LogP contribution in [-0.2, 0) is 7.05 Å². The smallest absolute Gasteiger partial charge is 0.335 e. The third kappa shape index (κ3) is 4.54. The molecule has 4 heterocycles. The van der Waals surface area contributed by atoms with Crippen LogP contribution in [0, 0.1) is 12.7 Å². The van der Waals surface area contributed by atoms with Crippen molar-refractivity contribution in [1.29, 1.82) is 0 Å². The van der Waals surface area contributed by atoms with Crippen LogP contribution >= 0.6 is 0 Å². The molecule has 1 aliphatic rings. The molecule has 2 N–H and O–H groups in total. The van der Waals surface area contributed by atoms with Crippen LogP contribution in [0.3, 0.4) is 0 Å². The van der Waals surface area contributed by atoms with E-state index in [9.17, 15) is 19.1 Å². The van der Waals surface area contributed by atoms with E-state index >= 15 is 0 Å². The van der Waals surface area contributed by atoms with Gasteiger partial charge in [-0.15, -0.1) is 0 Å². The van der Waals surface area contributed by atoms with Crippen LogP contribution in [0.4, 0.5) is 10.1 Å². The lowest BCUT2D eigenvalue weighted by atomic mass is 9.93. The summed E-state index contributed by atoms with van der Waals surface area (Å²) in [6.45, 7) is 5.18. The van der Waals surface area contributed by atoms with Crippen molar-refractivity contribution >= 4 is 28.3 Å². The number of fused-ring (bicyclic) bond motifs is 1. The van der Waals surface area contributed by atoms with E-state index in [1.165, 1.54) is 13.2 Å². The molecule has 4 aromatic rings. The minimum Gasteiger partial charge on any atom is -0.490 e. The Labute approximate surface area is 231 Å². The fourth-order valence-corrected chi connectivity index (χ4v) is 5.66. The molecule has 3 aromatic heterocycles. The Morgan fingerprint density at radius 1 is 1.25 bits per heavy atom. The Morgan fingerprint density at radius 2 is 2.02 bits per heavy atom. The predicted molar refractivity (Wildman–Crippen MR) is 153 cm³/mol. The molecule has 40 heavy (non-hydrogen) atoms. The normalized spacial score (nSPS) is 14.7. The zero-order chi connectivity index (χ0) is 28.7. The number of carbonyl (C=O) groups is 1. The molecule has 10 heteroatoms. The number of benzene rings is 1. The average Bonchev–Trinajstić information content (AvgIpc) is 3.28. The zero-order valence-electron chi connectivity index (χ0n) is 23.2. The first-order valence-electron chi connectivity index (χ1n) is 13.0. The van der Waals surface area contributed by atoms with Crippen molar-refractivity contribution in [3.05, 3.63) is 87.4 Å². The number of aromatic carboxylic acids is 1. The van der Waals surface area contributed by atoms with Crippen molar-refractivity contribution in [3.8, 4) is 11.4 Å². The fourth-order valence-electron chi connectivity index (χ4n) is 5.66. The molecular formula is C30H32FN5O4. The number of methoxy groups -OCH3 is 1. The van der Waals surface area contributed by atoms with Crippen LogP contribution in [0.1, 0.15) is 46.6 Å². The highest BCUT2D eigenvalue weighted by atomic mass is 19.1. The van der Waals surface area contributed by atoms with Gasteiger partial charge in [0.05, 0.1) is 24.0 Å². The van der Waals surface area contributed by atoms with Crippen LogP contribution < -0.4 is 15.6 Å². The third-order valence-corrected chi connectivity index (χ3v) is 7.80. The molecule has 0 unspecified atom stereocenters. The van der Waals surface area contributed by atoms with Crippen LogP contribution in [-0.4, -0.2) is 57.3 Å². The molecule has 0 saturated heterocycles. The number of hydrogen-bond donors (Lipinski definition) is 2. The van der Waals surface area contributed by atoms with Gasteiger partial charge in [0.2, 0.25) is 5.75 Å². The molecule has 5 rings (SSSR count). The number of pyridine rings is 2. The van der Waals surface area contributed by atoms with Crippen molar-refractivity contribution in [2.45, 2.75) is 26.3 Å². The number of carboxylic acids is 1. The van der Waals surface area contributed by atoms with E-state index in [0.717, 1.165) is 28.4 Å². The number of rotatable bonds is 7. The molecule has 1 atom stereocenters. The van der Waals surface area contributed by atoms with Gasteiger partial charge in [0.1, 0.15) is 11.5 Å². The van der Waals surface area contributed by atoms with Crippen LogP contribution in [0.15, 0.2) is 53.6 Å². The molecule has 9 nitrogen and oxygen atoms in total. The predicted octanol–water partition coefficient (Wildman–Crippen LogP) is 4.77. The minimum absolute atomic E-state index is 0.0168. The number of nitrogens with one attached hydrogen (secondary N) is 1. The second-order valence-corrected chi connectivity index (χ2v) is 9.99. The summed E-state index contributed by atoms with van der Waals surface area (Å²) in [6.07, 6.45) is 6.07. The number of carboxylic acid groups (broad SMARTS) is 1. The van der Waals surface area contributed by atoms with Gasteiger partial charge in [-0.25, -0.2) is 14.2 Å². The summed E-state index contributed by atoms with van der Waals surface area (Å²) in [5.74, 6) is -1.41. The first-order chi connectivity index (χ1) is 19.2. The Bertz CT molecular complexity index is 1700. The zero-order valence-corrected chi connectivity index (χ0v) is 23.2. The summed E-state index contributed by atoms with van der Waals surface area (Å²) in [4.78, 5) is 31.4. The number of nitrogens with zero attached hydrogens (tertiary/aromatic N) is 4. The van der Waals surface area contributed by atoms with E-state index in [1.54, 1.807) is 37.0 Å². The lowest BCUT2D eigenvalue weighted by Crippen LogP contribution is -2.32. The van der Waals surface area contributed by atoms with Gasteiger partial charge >= 0.3 is 5.97 Å². The standard InChI is InChI=1S/C30H32FN5O4/c1-17-14-20(30(38)39)15-22(31)26(17)19-7-11-35(12-8-19)18(2)25-16-21-24(6-10-33-28(21)34(25)4)36-13-9-23(32-3)27(40-5)29(36)37/h6-7,9-10,13-16,18,32H,8,11-12H2,1-5H3,(H,38,39)/t18-/m0/s1. The minimum atomic E-state index is -1.14. The van der Waals surface area contributed by atoms with Gasteiger partial charge in [-0.05, 0) is 61.7 Å². The Hall–Kier alpha value is -4.44. The highest BCUT2D eigenvalue weighted by Crippen LogP contribution is 2.34. The van der Waals surface area contributed by atoms with Crippen molar-refractivity contribution in [2.75, 3.05) is 32.6 Å². The monoisotopic (exact) mass is 545 g/mol. The number of hydrogen-bond acceptors (Lipinski definition) is 6. The molecule has 0 aliphatic carbocycles. The summed E-state index contributed by atoms with van der Waals surface area (Å²) in [5, 5.41) is 13.1. The van der Waals surface area contributed by atoms with Gasteiger partial charge in [0, 0.05) is 62.3 Å². The van der Waals surface area contributed by atoms with Gasteiger partial charge < -0.3 is 19.7 Å². The van der Waals surface area contributed by atoms with E-state index in [1.807, 2.05) is 23.8 Å². The third-order valence-electron chi connectivity index (χ3n) is 7.80. The SMILES string of the molecule is CNc1ccn(-c2ccnc3c2cc([C@H](C)N2CC=C(c4c(C)cc(C(=O)O)cc4F)CC2)n3C)c(=O)c1OC. The fraction of sp³-hybridized carbons (Fsp3) is 0.300. The maximum Gasteiger partial charge on any atom is 0.335 e. The quantitative estimate of drug-likeness (QED) is 0.345. The number of ether oxygens (including phenoxy) is 1.